The van der Waals surface area contributed by atoms with Crippen LogP contribution in [0.2, 0.25) is 5.02 Å². The van der Waals surface area contributed by atoms with Crippen molar-refractivity contribution >= 4 is 29.0 Å². The quantitative estimate of drug-likeness (QED) is 0.336. The van der Waals surface area contributed by atoms with Gasteiger partial charge < -0.3 is 20.6 Å². The summed E-state index contributed by atoms with van der Waals surface area (Å²) in [6, 6.07) is 17.8. The lowest BCUT2D eigenvalue weighted by Gasteiger charge is -2.08. The average Bonchev–Trinajstić information content (AvgIpc) is 2.75. The van der Waals surface area contributed by atoms with Gasteiger partial charge in [-0.25, -0.2) is 0 Å². The second kappa shape index (κ2) is 10.1. The van der Waals surface area contributed by atoms with Crippen LogP contribution in [-0.2, 0) is 16.2 Å². The van der Waals surface area contributed by atoms with Crippen molar-refractivity contribution in [1.82, 2.24) is 4.98 Å². The first-order valence-electron chi connectivity index (χ1n) is 8.74. The van der Waals surface area contributed by atoms with Gasteiger partial charge in [0.15, 0.2) is 12.4 Å². The van der Waals surface area contributed by atoms with Crippen LogP contribution in [0, 0.1) is 0 Å². The fourth-order valence-electron chi connectivity index (χ4n) is 2.36. The maximum Gasteiger partial charge on any atom is 0.265 e. The summed E-state index contributed by atoms with van der Waals surface area (Å²) in [5.41, 5.74) is 8.00. The Morgan fingerprint density at radius 3 is 2.79 bits per heavy atom. The van der Waals surface area contributed by atoms with Gasteiger partial charge in [0.05, 0.1) is 10.7 Å². The smallest absolute Gasteiger partial charge is 0.265 e. The molecule has 8 heteroatoms. The molecule has 2 aromatic carbocycles. The third-order valence-corrected chi connectivity index (χ3v) is 4.09. The number of nitrogens with one attached hydrogen (secondary N) is 1. The molecule has 0 aliphatic rings. The maximum absolute atomic E-state index is 11.9. The first-order valence-corrected chi connectivity index (χ1v) is 9.11. The van der Waals surface area contributed by atoms with Gasteiger partial charge in [0.2, 0.25) is 0 Å². The van der Waals surface area contributed by atoms with Crippen LogP contribution in [0.4, 0.5) is 5.69 Å². The number of amidine groups is 1. The number of ether oxygens (including phenoxy) is 1. The van der Waals surface area contributed by atoms with Gasteiger partial charge >= 0.3 is 0 Å². The number of para-hydroxylation sites is 1. The number of carbonyl (C=O) groups excluding carboxylic acids is 1. The topological polar surface area (TPSA) is 98.8 Å². The SMILES string of the molecule is N/C(=N/OCC(=O)Nc1ccccc1Cl)c1cccc(OCc2cccnc2)c1. The standard InChI is InChI=1S/C21H19ClN4O3/c22-18-8-1-2-9-19(18)25-20(27)14-29-26-21(23)16-6-3-7-17(11-16)28-13-15-5-4-10-24-12-15/h1-12H,13-14H2,(H2,23,26)(H,25,27). The van der Waals surface area contributed by atoms with Crippen LogP contribution >= 0.6 is 11.6 Å². The highest BCUT2D eigenvalue weighted by molar-refractivity contribution is 6.33. The second-order valence-corrected chi connectivity index (χ2v) is 6.36. The molecule has 1 heterocycles. The van der Waals surface area contributed by atoms with E-state index in [4.69, 9.17) is 26.9 Å². The number of hydrogen-bond acceptors (Lipinski definition) is 5. The summed E-state index contributed by atoms with van der Waals surface area (Å²) in [6.07, 6.45) is 3.44. The molecule has 0 bridgehead atoms. The number of hydrogen-bond donors (Lipinski definition) is 2. The van der Waals surface area contributed by atoms with E-state index in [-0.39, 0.29) is 12.4 Å². The van der Waals surface area contributed by atoms with Crippen LogP contribution in [0.3, 0.4) is 0 Å². The highest BCUT2D eigenvalue weighted by atomic mass is 35.5. The summed E-state index contributed by atoms with van der Waals surface area (Å²) in [5.74, 6) is 0.353. The molecule has 0 radical (unpaired) electrons. The minimum Gasteiger partial charge on any atom is -0.489 e. The van der Waals surface area contributed by atoms with Crippen LogP contribution in [-0.4, -0.2) is 23.3 Å². The number of anilines is 1. The van der Waals surface area contributed by atoms with E-state index in [1.54, 1.807) is 54.9 Å². The van der Waals surface area contributed by atoms with E-state index in [1.807, 2.05) is 18.2 Å². The summed E-state index contributed by atoms with van der Waals surface area (Å²) in [4.78, 5) is 21.0. The van der Waals surface area contributed by atoms with Gasteiger partial charge in [-0.3, -0.25) is 9.78 Å². The average molecular weight is 411 g/mol. The number of pyridine rings is 1. The van der Waals surface area contributed by atoms with Crippen molar-refractivity contribution in [3.63, 3.8) is 0 Å². The number of oxime groups is 1. The van der Waals surface area contributed by atoms with Crippen molar-refractivity contribution < 1.29 is 14.4 Å². The molecule has 0 aliphatic heterocycles. The summed E-state index contributed by atoms with van der Waals surface area (Å²) in [5, 5.41) is 6.86. The van der Waals surface area contributed by atoms with E-state index in [0.717, 1.165) is 5.56 Å². The highest BCUT2D eigenvalue weighted by Gasteiger charge is 2.07. The van der Waals surface area contributed by atoms with Gasteiger partial charge in [-0.1, -0.05) is 47.1 Å². The van der Waals surface area contributed by atoms with Crippen molar-refractivity contribution in [2.45, 2.75) is 6.61 Å². The molecular weight excluding hydrogens is 392 g/mol. The Hall–Kier alpha value is -3.58. The van der Waals surface area contributed by atoms with Crippen LogP contribution in [0.25, 0.3) is 0 Å². The minimum absolute atomic E-state index is 0.127. The van der Waals surface area contributed by atoms with E-state index < -0.39 is 5.91 Å². The molecule has 0 aliphatic carbocycles. The Labute approximate surface area is 173 Å². The summed E-state index contributed by atoms with van der Waals surface area (Å²) < 4.78 is 5.74. The molecule has 7 nitrogen and oxygen atoms in total. The van der Waals surface area contributed by atoms with Gasteiger partial charge in [-0.15, -0.1) is 0 Å². The van der Waals surface area contributed by atoms with Gasteiger partial charge in [0.25, 0.3) is 5.91 Å². The molecule has 0 spiro atoms. The van der Waals surface area contributed by atoms with E-state index in [0.29, 0.717) is 28.6 Å². The monoisotopic (exact) mass is 410 g/mol. The third kappa shape index (κ3) is 6.22. The first kappa shape index (κ1) is 20.2. The van der Waals surface area contributed by atoms with E-state index in [2.05, 4.69) is 15.5 Å². The lowest BCUT2D eigenvalue weighted by Crippen LogP contribution is -2.19. The number of rotatable bonds is 8. The van der Waals surface area contributed by atoms with Crippen LogP contribution in [0.5, 0.6) is 5.75 Å². The highest BCUT2D eigenvalue weighted by Crippen LogP contribution is 2.20. The summed E-state index contributed by atoms with van der Waals surface area (Å²) in [7, 11) is 0. The summed E-state index contributed by atoms with van der Waals surface area (Å²) >= 11 is 5.99. The maximum atomic E-state index is 11.9. The number of nitrogens with two attached hydrogens (primary N) is 1. The first-order chi connectivity index (χ1) is 14.1. The normalized spacial score (nSPS) is 11.0. The van der Waals surface area contributed by atoms with Gasteiger partial charge in [-0.2, -0.15) is 0 Å². The molecular formula is C21H19ClN4O3. The van der Waals surface area contributed by atoms with Crippen LogP contribution in [0.1, 0.15) is 11.1 Å². The second-order valence-electron chi connectivity index (χ2n) is 5.96. The molecule has 0 saturated carbocycles. The number of nitrogens with zero attached hydrogens (tertiary/aromatic N) is 2. The van der Waals surface area contributed by atoms with Crippen LogP contribution < -0.4 is 15.8 Å². The molecule has 148 valence electrons. The zero-order chi connectivity index (χ0) is 20.5. The van der Waals surface area contributed by atoms with E-state index in [9.17, 15) is 4.79 Å². The third-order valence-electron chi connectivity index (χ3n) is 3.76. The fourth-order valence-corrected chi connectivity index (χ4v) is 2.54. The van der Waals surface area contributed by atoms with Crippen molar-refractivity contribution in [1.29, 1.82) is 0 Å². The Bertz CT molecular complexity index is 996. The zero-order valence-electron chi connectivity index (χ0n) is 15.4. The van der Waals surface area contributed by atoms with Crippen molar-refractivity contribution in [2.24, 2.45) is 10.9 Å². The molecule has 3 N–H and O–H groups in total. The van der Waals surface area contributed by atoms with Crippen molar-refractivity contribution in [3.8, 4) is 5.75 Å². The minimum atomic E-state index is -0.400. The van der Waals surface area contributed by atoms with Gasteiger partial charge in [0, 0.05) is 23.5 Å². The van der Waals surface area contributed by atoms with Gasteiger partial charge in [0.1, 0.15) is 12.4 Å². The largest absolute Gasteiger partial charge is 0.489 e. The number of carbonyl (C=O) groups is 1. The Morgan fingerprint density at radius 2 is 2.00 bits per heavy atom. The molecule has 3 aromatic rings. The molecule has 3 rings (SSSR count). The van der Waals surface area contributed by atoms with E-state index >= 15 is 0 Å². The lowest BCUT2D eigenvalue weighted by molar-refractivity contribution is -0.120. The Kier molecular flexibility index (Phi) is 7.02. The number of halogens is 1. The molecule has 0 fully saturated rings. The van der Waals surface area contributed by atoms with Crippen molar-refractivity contribution in [3.05, 3.63) is 89.2 Å². The predicted octanol–water partition coefficient (Wildman–Crippen LogP) is 3.59. The number of amides is 1. The molecule has 0 saturated heterocycles. The van der Waals surface area contributed by atoms with Crippen molar-refractivity contribution in [2.75, 3.05) is 11.9 Å². The number of aromatic nitrogens is 1. The lowest BCUT2D eigenvalue weighted by atomic mass is 10.2. The molecule has 0 atom stereocenters. The predicted molar refractivity (Wildman–Crippen MR) is 112 cm³/mol. The molecule has 29 heavy (non-hydrogen) atoms. The fraction of sp³-hybridized carbons (Fsp3) is 0.0952. The van der Waals surface area contributed by atoms with Crippen LogP contribution in [0.15, 0.2) is 78.2 Å². The Morgan fingerprint density at radius 1 is 1.14 bits per heavy atom. The molecule has 0 unspecified atom stereocenters. The molecule has 1 amide bonds. The van der Waals surface area contributed by atoms with E-state index in [1.165, 1.54) is 0 Å². The number of benzene rings is 2. The van der Waals surface area contributed by atoms with Gasteiger partial charge in [-0.05, 0) is 30.3 Å². The molecule has 1 aromatic heterocycles. The summed E-state index contributed by atoms with van der Waals surface area (Å²) in [6.45, 7) is 0.0795. The zero-order valence-corrected chi connectivity index (χ0v) is 16.2. The Balaban J connectivity index is 1.53.